The molecule has 1 heterocycles. The zero-order valence-corrected chi connectivity index (χ0v) is 7.97. The highest BCUT2D eigenvalue weighted by molar-refractivity contribution is 5.42. The van der Waals surface area contributed by atoms with E-state index in [1.54, 1.807) is 7.05 Å². The second-order valence-corrected chi connectivity index (χ2v) is 3.40. The van der Waals surface area contributed by atoms with E-state index in [1.165, 1.54) is 6.07 Å². The second-order valence-electron chi connectivity index (χ2n) is 3.40. The van der Waals surface area contributed by atoms with Gasteiger partial charge in [0.25, 0.3) is 0 Å². The van der Waals surface area contributed by atoms with Crippen molar-refractivity contribution < 1.29 is 13.5 Å². The van der Waals surface area contributed by atoms with Crippen LogP contribution in [0.4, 0.5) is 8.78 Å². The first kappa shape index (κ1) is 9.40. The average molecular weight is 199 g/mol. The lowest BCUT2D eigenvalue weighted by atomic mass is 10.0. The summed E-state index contributed by atoms with van der Waals surface area (Å²) in [7, 11) is 1.74. The van der Waals surface area contributed by atoms with E-state index in [4.69, 9.17) is 4.74 Å². The molecule has 2 nitrogen and oxygen atoms in total. The molecule has 4 heteroatoms. The highest BCUT2D eigenvalue weighted by Gasteiger charge is 2.32. The van der Waals surface area contributed by atoms with Gasteiger partial charge in [0.1, 0.15) is 11.9 Å². The Morgan fingerprint density at radius 2 is 2.07 bits per heavy atom. The molecule has 1 aliphatic rings. The zero-order valence-electron chi connectivity index (χ0n) is 7.97. The van der Waals surface area contributed by atoms with Crippen molar-refractivity contribution in [3.8, 4) is 5.75 Å². The first-order valence-corrected chi connectivity index (χ1v) is 4.46. The normalized spacial score (nSPS) is 24.6. The van der Waals surface area contributed by atoms with Gasteiger partial charge in [-0.3, -0.25) is 0 Å². The Balaban J connectivity index is 2.53. The van der Waals surface area contributed by atoms with Gasteiger partial charge < -0.3 is 10.1 Å². The van der Waals surface area contributed by atoms with Crippen LogP contribution in [-0.4, -0.2) is 13.2 Å². The summed E-state index contributed by atoms with van der Waals surface area (Å²) < 4.78 is 31.5. The lowest BCUT2D eigenvalue weighted by molar-refractivity contribution is 0.208. The minimum atomic E-state index is -0.635. The first-order valence-electron chi connectivity index (χ1n) is 4.46. The molecule has 1 N–H and O–H groups in total. The third-order valence-electron chi connectivity index (χ3n) is 2.46. The predicted octanol–water partition coefficient (Wildman–Crippen LogP) is 2.01. The van der Waals surface area contributed by atoms with Gasteiger partial charge in [0.05, 0.1) is 6.04 Å². The van der Waals surface area contributed by atoms with Gasteiger partial charge in [-0.25, -0.2) is 8.78 Å². The van der Waals surface area contributed by atoms with Gasteiger partial charge in [0.15, 0.2) is 11.6 Å². The molecule has 0 fully saturated rings. The molecule has 0 spiro atoms. The van der Waals surface area contributed by atoms with Crippen molar-refractivity contribution in [1.82, 2.24) is 5.32 Å². The molecule has 0 amide bonds. The summed E-state index contributed by atoms with van der Waals surface area (Å²) in [6, 6.07) is 2.00. The largest absolute Gasteiger partial charge is 0.485 e. The first-order chi connectivity index (χ1) is 6.63. The summed E-state index contributed by atoms with van der Waals surface area (Å²) in [6.07, 6.45) is -0.175. The van der Waals surface area contributed by atoms with E-state index in [9.17, 15) is 8.78 Å². The molecule has 0 aliphatic carbocycles. The molecule has 1 aromatic rings. The van der Waals surface area contributed by atoms with Crippen molar-refractivity contribution in [2.45, 2.75) is 19.1 Å². The summed E-state index contributed by atoms with van der Waals surface area (Å²) in [6.45, 7) is 1.82. The van der Waals surface area contributed by atoms with E-state index >= 15 is 0 Å². The number of rotatable bonds is 1. The summed E-state index contributed by atoms with van der Waals surface area (Å²) in [5.74, 6) is -1.04. The SMILES string of the molecule is CNC1c2cc(F)cc(F)c2OC1C. The molecular weight excluding hydrogens is 188 g/mol. The molecule has 0 bridgehead atoms. The van der Waals surface area contributed by atoms with Gasteiger partial charge >= 0.3 is 0 Å². The molecule has 1 aromatic carbocycles. The van der Waals surface area contributed by atoms with Crippen LogP contribution in [-0.2, 0) is 0 Å². The molecule has 0 saturated carbocycles. The van der Waals surface area contributed by atoms with Crippen LogP contribution in [0, 0.1) is 11.6 Å². The Labute approximate surface area is 80.9 Å². The summed E-state index contributed by atoms with van der Waals surface area (Å²) >= 11 is 0. The fourth-order valence-corrected chi connectivity index (χ4v) is 1.83. The van der Waals surface area contributed by atoms with E-state index < -0.39 is 11.6 Å². The minimum Gasteiger partial charge on any atom is -0.485 e. The van der Waals surface area contributed by atoms with Gasteiger partial charge in [-0.15, -0.1) is 0 Å². The number of halogens is 2. The number of likely N-dealkylation sites (N-methyl/N-ethyl adjacent to an activating group) is 1. The number of nitrogens with one attached hydrogen (secondary N) is 1. The van der Waals surface area contributed by atoms with Gasteiger partial charge in [-0.05, 0) is 20.0 Å². The molecule has 2 atom stereocenters. The smallest absolute Gasteiger partial charge is 0.168 e. The third-order valence-corrected chi connectivity index (χ3v) is 2.46. The molecule has 0 radical (unpaired) electrons. The number of benzene rings is 1. The Hall–Kier alpha value is -1.16. The van der Waals surface area contributed by atoms with Crippen LogP contribution in [0.25, 0.3) is 0 Å². The number of hydrogen-bond donors (Lipinski definition) is 1. The maximum Gasteiger partial charge on any atom is 0.168 e. The van der Waals surface area contributed by atoms with Gasteiger partial charge in [-0.1, -0.05) is 0 Å². The van der Waals surface area contributed by atoms with Crippen molar-refractivity contribution in [2.75, 3.05) is 7.05 Å². The molecule has 0 aromatic heterocycles. The van der Waals surface area contributed by atoms with Crippen molar-refractivity contribution in [3.05, 3.63) is 29.3 Å². The highest BCUT2D eigenvalue weighted by atomic mass is 19.1. The summed E-state index contributed by atoms with van der Waals surface area (Å²) in [5, 5.41) is 2.97. The average Bonchev–Trinajstić information content (AvgIpc) is 2.41. The standard InChI is InChI=1S/C10H11F2NO/c1-5-9(13-2)7-3-6(11)4-8(12)10(7)14-5/h3-5,9,13H,1-2H3. The minimum absolute atomic E-state index is 0.143. The molecule has 14 heavy (non-hydrogen) atoms. The molecule has 0 saturated heterocycles. The number of fused-ring (bicyclic) bond motifs is 1. The van der Waals surface area contributed by atoms with Gasteiger partial charge in [-0.2, -0.15) is 0 Å². The molecule has 76 valence electrons. The molecule has 2 unspecified atom stereocenters. The van der Waals surface area contributed by atoms with E-state index in [-0.39, 0.29) is 17.9 Å². The fraction of sp³-hybridized carbons (Fsp3) is 0.400. The van der Waals surface area contributed by atoms with Crippen LogP contribution < -0.4 is 10.1 Å². The molecule has 1 aliphatic heterocycles. The summed E-state index contributed by atoms with van der Waals surface area (Å²) in [5.41, 5.74) is 0.553. The van der Waals surface area contributed by atoms with Crippen molar-refractivity contribution >= 4 is 0 Å². The third kappa shape index (κ3) is 1.26. The van der Waals surface area contributed by atoms with E-state index in [2.05, 4.69) is 5.32 Å². The Morgan fingerprint density at radius 3 is 2.71 bits per heavy atom. The van der Waals surface area contributed by atoms with Crippen molar-refractivity contribution in [3.63, 3.8) is 0 Å². The Morgan fingerprint density at radius 1 is 1.36 bits per heavy atom. The van der Waals surface area contributed by atoms with Crippen LogP contribution in [0.15, 0.2) is 12.1 Å². The van der Waals surface area contributed by atoms with Crippen molar-refractivity contribution in [1.29, 1.82) is 0 Å². The second kappa shape index (κ2) is 3.20. The van der Waals surface area contributed by atoms with E-state index in [0.29, 0.717) is 5.56 Å². The predicted molar refractivity (Wildman–Crippen MR) is 48.2 cm³/mol. The van der Waals surface area contributed by atoms with Crippen LogP contribution in [0.2, 0.25) is 0 Å². The molecule has 2 rings (SSSR count). The lowest BCUT2D eigenvalue weighted by Crippen LogP contribution is -2.25. The fourth-order valence-electron chi connectivity index (χ4n) is 1.83. The topological polar surface area (TPSA) is 21.3 Å². The van der Waals surface area contributed by atoms with Gasteiger partial charge in [0.2, 0.25) is 0 Å². The maximum absolute atomic E-state index is 13.2. The monoisotopic (exact) mass is 199 g/mol. The Bertz CT molecular complexity index is 367. The maximum atomic E-state index is 13.2. The highest BCUT2D eigenvalue weighted by Crippen LogP contribution is 2.38. The van der Waals surface area contributed by atoms with Crippen LogP contribution in [0.3, 0.4) is 0 Å². The van der Waals surface area contributed by atoms with Crippen LogP contribution in [0.5, 0.6) is 5.75 Å². The zero-order chi connectivity index (χ0) is 10.3. The quantitative estimate of drug-likeness (QED) is 0.747. The number of ether oxygens (including phenoxy) is 1. The summed E-state index contributed by atoms with van der Waals surface area (Å²) in [4.78, 5) is 0. The number of hydrogen-bond acceptors (Lipinski definition) is 2. The van der Waals surface area contributed by atoms with Crippen molar-refractivity contribution in [2.24, 2.45) is 0 Å². The lowest BCUT2D eigenvalue weighted by Gasteiger charge is -2.12. The van der Waals surface area contributed by atoms with Crippen LogP contribution in [0.1, 0.15) is 18.5 Å². The van der Waals surface area contributed by atoms with E-state index in [1.807, 2.05) is 6.92 Å². The Kier molecular flexibility index (Phi) is 2.15. The van der Waals surface area contributed by atoms with E-state index in [0.717, 1.165) is 6.07 Å². The van der Waals surface area contributed by atoms with Gasteiger partial charge in [0, 0.05) is 11.6 Å². The van der Waals surface area contributed by atoms with Crippen LogP contribution >= 0.6 is 0 Å². The molecular formula is C10H11F2NO.